The van der Waals surface area contributed by atoms with E-state index in [1.165, 1.54) is 0 Å². The van der Waals surface area contributed by atoms with Crippen LogP contribution in [0.3, 0.4) is 0 Å². The molecule has 150 valence electrons. The first kappa shape index (κ1) is 20.3. The SMILES string of the molecule is CC(C)C(C)(C#N)NC(=O)CN1C(=O)NC(C)(c2cccc3ccccc23)C1=O. The molecule has 29 heavy (non-hydrogen) atoms. The van der Waals surface area contributed by atoms with E-state index in [0.717, 1.165) is 15.7 Å². The molecule has 2 N–H and O–H groups in total. The number of nitrogens with zero attached hydrogens (tertiary/aromatic N) is 2. The van der Waals surface area contributed by atoms with Crippen LogP contribution in [-0.4, -0.2) is 34.8 Å². The van der Waals surface area contributed by atoms with Gasteiger partial charge < -0.3 is 10.6 Å². The summed E-state index contributed by atoms with van der Waals surface area (Å²) in [5, 5.41) is 16.6. The smallest absolute Gasteiger partial charge is 0.325 e. The molecule has 3 rings (SSSR count). The lowest BCUT2D eigenvalue weighted by atomic mass is 9.87. The molecular formula is C22H24N4O3. The van der Waals surface area contributed by atoms with E-state index in [-0.39, 0.29) is 5.92 Å². The molecule has 2 aromatic rings. The lowest BCUT2D eigenvalue weighted by molar-refractivity contribution is -0.135. The van der Waals surface area contributed by atoms with Crippen LogP contribution in [0.1, 0.15) is 33.3 Å². The predicted octanol–water partition coefficient (Wildman–Crippen LogP) is 2.66. The summed E-state index contributed by atoms with van der Waals surface area (Å²) >= 11 is 0. The molecule has 4 amide bonds. The number of nitrogens with one attached hydrogen (secondary N) is 2. The fourth-order valence-corrected chi connectivity index (χ4v) is 3.46. The number of rotatable bonds is 5. The molecule has 2 aromatic carbocycles. The predicted molar refractivity (Wildman–Crippen MR) is 109 cm³/mol. The molecule has 7 nitrogen and oxygen atoms in total. The van der Waals surface area contributed by atoms with Gasteiger partial charge in [0.2, 0.25) is 5.91 Å². The molecule has 2 unspecified atom stereocenters. The highest BCUT2D eigenvalue weighted by molar-refractivity contribution is 6.10. The molecule has 1 fully saturated rings. The average Bonchev–Trinajstić information content (AvgIpc) is 2.91. The minimum Gasteiger partial charge on any atom is -0.336 e. The molecule has 1 saturated heterocycles. The monoisotopic (exact) mass is 392 g/mol. The van der Waals surface area contributed by atoms with Gasteiger partial charge in [-0.2, -0.15) is 5.26 Å². The lowest BCUT2D eigenvalue weighted by Gasteiger charge is -2.28. The van der Waals surface area contributed by atoms with Crippen molar-refractivity contribution >= 4 is 28.6 Å². The largest absolute Gasteiger partial charge is 0.336 e. The third kappa shape index (κ3) is 3.42. The topological polar surface area (TPSA) is 102 Å². The second kappa shape index (κ2) is 7.21. The third-order valence-corrected chi connectivity index (χ3v) is 5.69. The van der Waals surface area contributed by atoms with E-state index in [4.69, 9.17) is 0 Å². The van der Waals surface area contributed by atoms with Crippen LogP contribution in [0.15, 0.2) is 42.5 Å². The fourth-order valence-electron chi connectivity index (χ4n) is 3.46. The molecule has 2 atom stereocenters. The van der Waals surface area contributed by atoms with Gasteiger partial charge in [0.15, 0.2) is 0 Å². The van der Waals surface area contributed by atoms with Gasteiger partial charge in [0.25, 0.3) is 5.91 Å². The maximum Gasteiger partial charge on any atom is 0.325 e. The van der Waals surface area contributed by atoms with E-state index in [1.807, 2.05) is 50.2 Å². The molecule has 1 aliphatic rings. The van der Waals surface area contributed by atoms with Crippen molar-refractivity contribution < 1.29 is 14.4 Å². The van der Waals surface area contributed by atoms with Gasteiger partial charge in [-0.25, -0.2) is 4.79 Å². The maximum atomic E-state index is 13.2. The molecule has 0 aliphatic carbocycles. The van der Waals surface area contributed by atoms with E-state index in [0.29, 0.717) is 5.56 Å². The van der Waals surface area contributed by atoms with Crippen LogP contribution in [0.4, 0.5) is 4.79 Å². The number of carbonyl (C=O) groups excluding carboxylic acids is 3. The summed E-state index contributed by atoms with van der Waals surface area (Å²) < 4.78 is 0. The Labute approximate surface area is 169 Å². The highest BCUT2D eigenvalue weighted by atomic mass is 16.2. The van der Waals surface area contributed by atoms with Crippen molar-refractivity contribution in [1.29, 1.82) is 5.26 Å². The molecule has 1 aliphatic heterocycles. The summed E-state index contributed by atoms with van der Waals surface area (Å²) in [6.45, 7) is 6.43. The van der Waals surface area contributed by atoms with Gasteiger partial charge in [-0.15, -0.1) is 0 Å². The first-order valence-electron chi connectivity index (χ1n) is 9.47. The third-order valence-electron chi connectivity index (χ3n) is 5.69. The summed E-state index contributed by atoms with van der Waals surface area (Å²) in [5.74, 6) is -1.20. The first-order chi connectivity index (χ1) is 13.6. The van der Waals surface area contributed by atoms with Crippen LogP contribution in [0.2, 0.25) is 0 Å². The molecule has 0 saturated carbocycles. The molecule has 0 radical (unpaired) electrons. The van der Waals surface area contributed by atoms with Gasteiger partial charge in [-0.1, -0.05) is 56.3 Å². The number of benzene rings is 2. The van der Waals surface area contributed by atoms with E-state index in [1.54, 1.807) is 19.9 Å². The molecule has 0 aromatic heterocycles. The number of hydrogen-bond acceptors (Lipinski definition) is 4. The Morgan fingerprint density at radius 1 is 1.24 bits per heavy atom. The summed E-state index contributed by atoms with van der Waals surface area (Å²) in [7, 11) is 0. The van der Waals surface area contributed by atoms with E-state index < -0.39 is 35.5 Å². The van der Waals surface area contributed by atoms with Crippen molar-refractivity contribution in [2.45, 2.75) is 38.8 Å². The van der Waals surface area contributed by atoms with Crippen LogP contribution in [-0.2, 0) is 15.1 Å². The summed E-state index contributed by atoms with van der Waals surface area (Å²) in [6, 6.07) is 14.6. The minimum atomic E-state index is -1.28. The van der Waals surface area contributed by atoms with Crippen LogP contribution in [0, 0.1) is 17.2 Å². The second-order valence-corrected chi connectivity index (χ2v) is 7.99. The zero-order chi connectivity index (χ0) is 21.4. The van der Waals surface area contributed by atoms with Crippen molar-refractivity contribution in [3.63, 3.8) is 0 Å². The quantitative estimate of drug-likeness (QED) is 0.764. The Bertz CT molecular complexity index is 1040. The number of hydrogen-bond donors (Lipinski definition) is 2. The Morgan fingerprint density at radius 3 is 2.55 bits per heavy atom. The number of urea groups is 1. The second-order valence-electron chi connectivity index (χ2n) is 7.99. The number of amides is 4. The summed E-state index contributed by atoms with van der Waals surface area (Å²) in [4.78, 5) is 39.1. The fraction of sp³-hybridized carbons (Fsp3) is 0.364. The standard InChI is InChI=1S/C22H24N4O3/c1-14(2)21(3,13-23)24-18(27)12-26-19(28)22(4,25-20(26)29)17-11-7-9-15-8-5-6-10-16(15)17/h5-11,14H,12H2,1-4H3,(H,24,27)(H,25,29). The molecule has 0 bridgehead atoms. The number of fused-ring (bicyclic) bond motifs is 1. The molecule has 1 heterocycles. The number of imide groups is 1. The maximum absolute atomic E-state index is 13.2. The lowest BCUT2D eigenvalue weighted by Crippen LogP contribution is -2.52. The molecule has 0 spiro atoms. The zero-order valence-corrected chi connectivity index (χ0v) is 16.9. The van der Waals surface area contributed by atoms with Crippen molar-refractivity contribution in [3.8, 4) is 6.07 Å². The van der Waals surface area contributed by atoms with Crippen LogP contribution >= 0.6 is 0 Å². The van der Waals surface area contributed by atoms with Crippen molar-refractivity contribution in [2.24, 2.45) is 5.92 Å². The van der Waals surface area contributed by atoms with Gasteiger partial charge in [-0.05, 0) is 36.1 Å². The summed E-state index contributed by atoms with van der Waals surface area (Å²) in [6.07, 6.45) is 0. The molecule has 7 heteroatoms. The van der Waals surface area contributed by atoms with Gasteiger partial charge in [0.05, 0.1) is 6.07 Å². The summed E-state index contributed by atoms with van der Waals surface area (Å²) in [5.41, 5.74) is -1.70. The van der Waals surface area contributed by atoms with Gasteiger partial charge in [0.1, 0.15) is 17.6 Å². The number of carbonyl (C=O) groups is 3. The van der Waals surface area contributed by atoms with Gasteiger partial charge >= 0.3 is 6.03 Å². The van der Waals surface area contributed by atoms with Crippen molar-refractivity contribution in [2.75, 3.05) is 6.54 Å². The highest BCUT2D eigenvalue weighted by Gasteiger charge is 2.50. The van der Waals surface area contributed by atoms with Crippen LogP contribution in [0.25, 0.3) is 10.8 Å². The highest BCUT2D eigenvalue weighted by Crippen LogP contribution is 2.33. The van der Waals surface area contributed by atoms with E-state index >= 15 is 0 Å². The van der Waals surface area contributed by atoms with E-state index in [2.05, 4.69) is 16.7 Å². The van der Waals surface area contributed by atoms with Crippen LogP contribution < -0.4 is 10.6 Å². The van der Waals surface area contributed by atoms with Crippen molar-refractivity contribution in [1.82, 2.24) is 15.5 Å². The Hall–Kier alpha value is -3.40. The van der Waals surface area contributed by atoms with Crippen LogP contribution in [0.5, 0.6) is 0 Å². The van der Waals surface area contributed by atoms with E-state index in [9.17, 15) is 19.6 Å². The molecular weight excluding hydrogens is 368 g/mol. The average molecular weight is 392 g/mol. The Morgan fingerprint density at radius 2 is 1.90 bits per heavy atom. The Balaban J connectivity index is 1.88. The normalized spacial score (nSPS) is 21.0. The first-order valence-corrected chi connectivity index (χ1v) is 9.47. The zero-order valence-electron chi connectivity index (χ0n) is 16.9. The minimum absolute atomic E-state index is 0.138. The van der Waals surface area contributed by atoms with Gasteiger partial charge in [-0.3, -0.25) is 14.5 Å². The van der Waals surface area contributed by atoms with Gasteiger partial charge in [0, 0.05) is 0 Å². The van der Waals surface area contributed by atoms with Crippen molar-refractivity contribution in [3.05, 3.63) is 48.0 Å². The number of nitriles is 1. The Kier molecular flexibility index (Phi) is 5.05.